The fraction of sp³-hybridized carbons (Fsp3) is 0.0714. The minimum Gasteiger partial charge on any atom is -0.457 e. The highest BCUT2D eigenvalue weighted by atomic mass is 16.5. The maximum absolute atomic E-state index is 11.9. The second kappa shape index (κ2) is 6.18. The molecule has 0 aliphatic heterocycles. The van der Waals surface area contributed by atoms with Gasteiger partial charge in [0.2, 0.25) is 0 Å². The van der Waals surface area contributed by atoms with Crippen molar-refractivity contribution >= 4 is 18.6 Å². The Hall–Kier alpha value is -2.11. The second-order valence-electron chi connectivity index (χ2n) is 4.02. The van der Waals surface area contributed by atoms with Gasteiger partial charge in [0.15, 0.2) is 0 Å². The van der Waals surface area contributed by atoms with Crippen LogP contribution in [-0.2, 0) is 11.3 Å². The summed E-state index contributed by atoms with van der Waals surface area (Å²) in [5.41, 5.74) is 1.17. The van der Waals surface area contributed by atoms with Crippen molar-refractivity contribution in [2.24, 2.45) is 0 Å². The lowest BCUT2D eigenvalue weighted by atomic mass is 9.77. The van der Waals surface area contributed by atoms with Gasteiger partial charge in [-0.1, -0.05) is 48.5 Å². The zero-order valence-electron chi connectivity index (χ0n) is 10.2. The number of carbonyl (C=O) groups excluding carboxylic acids is 1. The third kappa shape index (κ3) is 3.43. The summed E-state index contributed by atoms with van der Waals surface area (Å²) < 4.78 is 5.14. The Morgan fingerprint density at radius 3 is 2.32 bits per heavy atom. The van der Waals surface area contributed by atoms with Gasteiger partial charge >= 0.3 is 13.1 Å². The quantitative estimate of drug-likeness (QED) is 0.625. The van der Waals surface area contributed by atoms with Crippen LogP contribution in [0.2, 0.25) is 0 Å². The number of rotatable bonds is 4. The third-order valence-electron chi connectivity index (χ3n) is 2.67. The molecule has 5 heteroatoms. The molecule has 0 unspecified atom stereocenters. The van der Waals surface area contributed by atoms with E-state index in [0.29, 0.717) is 0 Å². The largest absolute Gasteiger partial charge is 0.489 e. The van der Waals surface area contributed by atoms with Crippen molar-refractivity contribution in [1.29, 1.82) is 0 Å². The van der Waals surface area contributed by atoms with Gasteiger partial charge in [-0.15, -0.1) is 0 Å². The van der Waals surface area contributed by atoms with E-state index in [9.17, 15) is 14.8 Å². The van der Waals surface area contributed by atoms with Crippen LogP contribution in [0, 0.1) is 0 Å². The van der Waals surface area contributed by atoms with Crippen LogP contribution in [0.1, 0.15) is 15.9 Å². The zero-order valence-corrected chi connectivity index (χ0v) is 10.2. The van der Waals surface area contributed by atoms with Gasteiger partial charge < -0.3 is 14.8 Å². The summed E-state index contributed by atoms with van der Waals surface area (Å²) >= 11 is 0. The van der Waals surface area contributed by atoms with Crippen LogP contribution in [0.5, 0.6) is 0 Å². The lowest BCUT2D eigenvalue weighted by Gasteiger charge is -2.08. The Morgan fingerprint density at radius 2 is 1.63 bits per heavy atom. The normalized spacial score (nSPS) is 10.0. The summed E-state index contributed by atoms with van der Waals surface area (Å²) in [5, 5.41) is 18.4. The van der Waals surface area contributed by atoms with Crippen molar-refractivity contribution in [2.45, 2.75) is 6.61 Å². The molecule has 0 aromatic heterocycles. The lowest BCUT2D eigenvalue weighted by molar-refractivity contribution is 0.0474. The molecule has 0 saturated carbocycles. The Balaban J connectivity index is 2.08. The number of esters is 1. The number of carbonyl (C=O) groups is 1. The van der Waals surface area contributed by atoms with E-state index < -0.39 is 13.1 Å². The van der Waals surface area contributed by atoms with E-state index in [4.69, 9.17) is 4.74 Å². The first-order valence-corrected chi connectivity index (χ1v) is 5.84. The van der Waals surface area contributed by atoms with Crippen LogP contribution in [0.4, 0.5) is 0 Å². The van der Waals surface area contributed by atoms with Gasteiger partial charge in [0, 0.05) is 0 Å². The summed E-state index contributed by atoms with van der Waals surface area (Å²) in [7, 11) is -1.69. The highest BCUT2D eigenvalue weighted by molar-refractivity contribution is 6.60. The van der Waals surface area contributed by atoms with Gasteiger partial charge in [-0.25, -0.2) is 4.79 Å². The fourth-order valence-electron chi connectivity index (χ4n) is 1.71. The van der Waals surface area contributed by atoms with Gasteiger partial charge in [0.1, 0.15) is 6.61 Å². The Morgan fingerprint density at radius 1 is 1.00 bits per heavy atom. The first-order chi connectivity index (χ1) is 9.18. The number of hydrogen-bond donors (Lipinski definition) is 2. The molecule has 0 heterocycles. The predicted molar refractivity (Wildman–Crippen MR) is 71.8 cm³/mol. The molecule has 2 N–H and O–H groups in total. The number of hydrogen-bond acceptors (Lipinski definition) is 4. The summed E-state index contributed by atoms with van der Waals surface area (Å²) in [6.45, 7) is 0.148. The van der Waals surface area contributed by atoms with Crippen molar-refractivity contribution in [3.8, 4) is 0 Å². The van der Waals surface area contributed by atoms with Crippen molar-refractivity contribution in [1.82, 2.24) is 0 Å². The average molecular weight is 256 g/mol. The van der Waals surface area contributed by atoms with Crippen LogP contribution in [-0.4, -0.2) is 23.1 Å². The van der Waals surface area contributed by atoms with Crippen molar-refractivity contribution in [3.63, 3.8) is 0 Å². The second-order valence-corrected chi connectivity index (χ2v) is 4.02. The first-order valence-electron chi connectivity index (χ1n) is 5.84. The molecule has 2 aromatic carbocycles. The van der Waals surface area contributed by atoms with Gasteiger partial charge in [-0.2, -0.15) is 0 Å². The van der Waals surface area contributed by atoms with Crippen molar-refractivity contribution in [3.05, 3.63) is 65.7 Å². The molecule has 0 radical (unpaired) electrons. The van der Waals surface area contributed by atoms with Crippen LogP contribution in [0.15, 0.2) is 54.6 Å². The highest BCUT2D eigenvalue weighted by Gasteiger charge is 2.20. The molecule has 19 heavy (non-hydrogen) atoms. The highest BCUT2D eigenvalue weighted by Crippen LogP contribution is 2.05. The van der Waals surface area contributed by atoms with E-state index in [1.807, 2.05) is 30.3 Å². The van der Waals surface area contributed by atoms with Crippen molar-refractivity contribution < 1.29 is 19.6 Å². The molecule has 0 aliphatic rings. The number of benzene rings is 2. The van der Waals surface area contributed by atoms with E-state index >= 15 is 0 Å². The minimum absolute atomic E-state index is 0.139. The SMILES string of the molecule is O=C(OCc1ccccc1)c1ccccc1B(O)O. The maximum Gasteiger partial charge on any atom is 0.489 e. The average Bonchev–Trinajstić information content (AvgIpc) is 2.46. The molecule has 0 saturated heterocycles. The number of ether oxygens (including phenoxy) is 1. The Kier molecular flexibility index (Phi) is 4.33. The van der Waals surface area contributed by atoms with E-state index in [1.165, 1.54) is 12.1 Å². The summed E-state index contributed by atoms with van der Waals surface area (Å²) in [6.07, 6.45) is 0. The van der Waals surface area contributed by atoms with E-state index in [-0.39, 0.29) is 17.6 Å². The first kappa shape index (κ1) is 13.3. The van der Waals surface area contributed by atoms with E-state index in [1.54, 1.807) is 12.1 Å². The molecule has 0 bridgehead atoms. The topological polar surface area (TPSA) is 66.8 Å². The standard InChI is InChI=1S/C14H13BO4/c16-14(19-10-11-6-2-1-3-7-11)12-8-4-5-9-13(12)15(17)18/h1-9,17-18H,10H2. The maximum atomic E-state index is 11.9. The molecule has 0 amide bonds. The van der Waals surface area contributed by atoms with Crippen LogP contribution >= 0.6 is 0 Å². The van der Waals surface area contributed by atoms with Gasteiger partial charge in [0.05, 0.1) is 5.56 Å². The van der Waals surface area contributed by atoms with Crippen LogP contribution in [0.3, 0.4) is 0 Å². The molecule has 0 fully saturated rings. The summed E-state index contributed by atoms with van der Waals surface area (Å²) in [5.74, 6) is -0.576. The molecule has 2 aromatic rings. The van der Waals surface area contributed by atoms with E-state index in [0.717, 1.165) is 5.56 Å². The third-order valence-corrected chi connectivity index (χ3v) is 2.67. The molecule has 4 nitrogen and oxygen atoms in total. The molecule has 0 spiro atoms. The van der Waals surface area contributed by atoms with E-state index in [2.05, 4.69) is 0 Å². The monoisotopic (exact) mass is 256 g/mol. The van der Waals surface area contributed by atoms with Crippen LogP contribution in [0.25, 0.3) is 0 Å². The smallest absolute Gasteiger partial charge is 0.457 e. The summed E-state index contributed by atoms with van der Waals surface area (Å²) in [4.78, 5) is 11.9. The summed E-state index contributed by atoms with van der Waals surface area (Å²) in [6, 6.07) is 15.5. The molecule has 2 rings (SSSR count). The van der Waals surface area contributed by atoms with Crippen LogP contribution < -0.4 is 5.46 Å². The minimum atomic E-state index is -1.69. The zero-order chi connectivity index (χ0) is 13.7. The molecular formula is C14H13BO4. The molecule has 96 valence electrons. The molecular weight excluding hydrogens is 243 g/mol. The van der Waals surface area contributed by atoms with Gasteiger partial charge in [-0.3, -0.25) is 0 Å². The van der Waals surface area contributed by atoms with Crippen molar-refractivity contribution in [2.75, 3.05) is 0 Å². The lowest BCUT2D eigenvalue weighted by Crippen LogP contribution is -2.35. The molecule has 0 aliphatic carbocycles. The van der Waals surface area contributed by atoms with Gasteiger partial charge in [0.25, 0.3) is 0 Å². The Bertz CT molecular complexity index is 554. The predicted octanol–water partition coefficient (Wildman–Crippen LogP) is 0.723. The van der Waals surface area contributed by atoms with Gasteiger partial charge in [-0.05, 0) is 17.1 Å². The fourth-order valence-corrected chi connectivity index (χ4v) is 1.71. The molecule has 0 atom stereocenters. The Labute approximate surface area is 111 Å².